The van der Waals surface area contributed by atoms with Gasteiger partial charge in [-0.15, -0.1) is 0 Å². The number of piperidine rings is 1. The van der Waals surface area contributed by atoms with E-state index in [1.807, 2.05) is 13.0 Å². The number of carbonyl (C=O) groups excluding carboxylic acids is 1. The Bertz CT molecular complexity index is 564. The van der Waals surface area contributed by atoms with E-state index in [0.717, 1.165) is 50.3 Å². The van der Waals surface area contributed by atoms with Gasteiger partial charge in [0, 0.05) is 36.8 Å². The van der Waals surface area contributed by atoms with Gasteiger partial charge in [-0.1, -0.05) is 19.3 Å². The molecule has 1 amide bonds. The summed E-state index contributed by atoms with van der Waals surface area (Å²) >= 11 is 0. The fourth-order valence-corrected chi connectivity index (χ4v) is 3.72. The van der Waals surface area contributed by atoms with E-state index in [-0.39, 0.29) is 11.8 Å². The normalized spacial score (nSPS) is 20.0. The number of anilines is 1. The van der Waals surface area contributed by atoms with Crippen molar-refractivity contribution in [2.45, 2.75) is 57.9 Å². The van der Waals surface area contributed by atoms with Gasteiger partial charge in [0.2, 0.25) is 5.91 Å². The van der Waals surface area contributed by atoms with Crippen molar-refractivity contribution in [1.29, 1.82) is 0 Å². The maximum Gasteiger partial charge on any atom is 0.318 e. The van der Waals surface area contributed by atoms with Crippen LogP contribution in [0.15, 0.2) is 6.07 Å². The number of amides is 1. The van der Waals surface area contributed by atoms with E-state index >= 15 is 0 Å². The molecule has 1 aliphatic carbocycles. The molecule has 0 aromatic carbocycles. The van der Waals surface area contributed by atoms with Crippen molar-refractivity contribution in [3.8, 4) is 6.01 Å². The predicted octanol–water partition coefficient (Wildman–Crippen LogP) is 2.46. The lowest BCUT2D eigenvalue weighted by Gasteiger charge is -2.34. The van der Waals surface area contributed by atoms with E-state index < -0.39 is 0 Å². The molecule has 1 aliphatic heterocycles. The number of ether oxygens (including phenoxy) is 1. The summed E-state index contributed by atoms with van der Waals surface area (Å²) in [6, 6.07) is 2.70. The molecular formula is C18H28N4O2. The lowest BCUT2D eigenvalue weighted by Crippen LogP contribution is -2.46. The number of nitrogens with one attached hydrogen (secondary N) is 1. The Labute approximate surface area is 144 Å². The van der Waals surface area contributed by atoms with E-state index in [1.54, 1.807) is 7.11 Å². The number of carbonyl (C=O) groups is 1. The average molecular weight is 332 g/mol. The van der Waals surface area contributed by atoms with Gasteiger partial charge in [0.15, 0.2) is 0 Å². The molecule has 1 saturated heterocycles. The highest BCUT2D eigenvalue weighted by Gasteiger charge is 2.26. The van der Waals surface area contributed by atoms with Gasteiger partial charge in [0.1, 0.15) is 5.82 Å². The van der Waals surface area contributed by atoms with Crippen molar-refractivity contribution in [3.05, 3.63) is 11.8 Å². The summed E-state index contributed by atoms with van der Waals surface area (Å²) < 4.78 is 5.16. The van der Waals surface area contributed by atoms with E-state index in [9.17, 15) is 4.79 Å². The Morgan fingerprint density at radius 1 is 1.17 bits per heavy atom. The van der Waals surface area contributed by atoms with Crippen molar-refractivity contribution in [1.82, 2.24) is 15.3 Å². The van der Waals surface area contributed by atoms with Crippen molar-refractivity contribution in [3.63, 3.8) is 0 Å². The summed E-state index contributed by atoms with van der Waals surface area (Å²) in [7, 11) is 1.59. The SMILES string of the molecule is COc1nc(C)cc(N2CCC(NC(=O)C3CCCCC3)CC2)n1. The van der Waals surface area contributed by atoms with Gasteiger partial charge in [0.05, 0.1) is 7.11 Å². The molecule has 2 fully saturated rings. The number of rotatable bonds is 4. The first-order chi connectivity index (χ1) is 11.7. The first-order valence-corrected chi connectivity index (χ1v) is 9.10. The summed E-state index contributed by atoms with van der Waals surface area (Å²) in [5, 5.41) is 3.27. The largest absolute Gasteiger partial charge is 0.467 e. The molecule has 3 rings (SSSR count). The highest BCUT2D eigenvalue weighted by atomic mass is 16.5. The summed E-state index contributed by atoms with van der Waals surface area (Å²) in [5.41, 5.74) is 0.907. The van der Waals surface area contributed by atoms with Gasteiger partial charge in [0.25, 0.3) is 0 Å². The molecule has 0 bridgehead atoms. The molecule has 1 aromatic rings. The summed E-state index contributed by atoms with van der Waals surface area (Å²) in [5.74, 6) is 1.43. The number of nitrogens with zero attached hydrogens (tertiary/aromatic N) is 3. The van der Waals surface area contributed by atoms with Crippen LogP contribution in [-0.2, 0) is 4.79 Å². The minimum absolute atomic E-state index is 0.241. The highest BCUT2D eigenvalue weighted by molar-refractivity contribution is 5.79. The predicted molar refractivity (Wildman–Crippen MR) is 93.3 cm³/mol. The smallest absolute Gasteiger partial charge is 0.318 e. The third kappa shape index (κ3) is 4.16. The minimum atomic E-state index is 0.241. The Hall–Kier alpha value is -1.85. The summed E-state index contributed by atoms with van der Waals surface area (Å²) in [6.45, 7) is 3.75. The van der Waals surface area contributed by atoms with Crippen LogP contribution in [0.3, 0.4) is 0 Å². The van der Waals surface area contributed by atoms with Gasteiger partial charge < -0.3 is 15.0 Å². The van der Waals surface area contributed by atoms with Crippen molar-refractivity contribution >= 4 is 11.7 Å². The Balaban J connectivity index is 1.52. The third-order valence-corrected chi connectivity index (χ3v) is 5.14. The quantitative estimate of drug-likeness (QED) is 0.917. The molecule has 1 N–H and O–H groups in total. The van der Waals surface area contributed by atoms with Crippen LogP contribution in [-0.4, -0.2) is 42.1 Å². The van der Waals surface area contributed by atoms with E-state index in [0.29, 0.717) is 12.1 Å². The number of methoxy groups -OCH3 is 1. The van der Waals surface area contributed by atoms with Crippen LogP contribution in [0.4, 0.5) is 5.82 Å². The molecule has 6 nitrogen and oxygen atoms in total. The minimum Gasteiger partial charge on any atom is -0.467 e. The second kappa shape index (κ2) is 7.81. The Morgan fingerprint density at radius 2 is 1.88 bits per heavy atom. The van der Waals surface area contributed by atoms with Crippen LogP contribution in [0.25, 0.3) is 0 Å². The first kappa shape index (κ1) is 17.0. The average Bonchev–Trinajstić information content (AvgIpc) is 2.62. The van der Waals surface area contributed by atoms with Crippen LogP contribution >= 0.6 is 0 Å². The molecule has 6 heteroatoms. The van der Waals surface area contributed by atoms with Crippen LogP contribution in [0, 0.1) is 12.8 Å². The highest BCUT2D eigenvalue weighted by Crippen LogP contribution is 2.25. The van der Waals surface area contributed by atoms with Gasteiger partial charge in [-0.3, -0.25) is 4.79 Å². The van der Waals surface area contributed by atoms with Gasteiger partial charge in [-0.05, 0) is 32.6 Å². The van der Waals surface area contributed by atoms with Crippen LogP contribution in [0.5, 0.6) is 6.01 Å². The lowest BCUT2D eigenvalue weighted by molar-refractivity contribution is -0.126. The maximum atomic E-state index is 12.4. The number of hydrogen-bond acceptors (Lipinski definition) is 5. The molecule has 0 radical (unpaired) electrons. The maximum absolute atomic E-state index is 12.4. The monoisotopic (exact) mass is 332 g/mol. The number of aromatic nitrogens is 2. The van der Waals surface area contributed by atoms with E-state index in [1.165, 1.54) is 19.3 Å². The lowest BCUT2D eigenvalue weighted by atomic mass is 9.88. The fourth-order valence-electron chi connectivity index (χ4n) is 3.72. The zero-order valence-electron chi connectivity index (χ0n) is 14.8. The molecule has 0 unspecified atom stereocenters. The zero-order chi connectivity index (χ0) is 16.9. The molecule has 1 saturated carbocycles. The molecule has 0 atom stereocenters. The summed E-state index contributed by atoms with van der Waals surface area (Å²) in [4.78, 5) is 23.3. The van der Waals surface area contributed by atoms with Crippen molar-refractivity contribution in [2.75, 3.05) is 25.1 Å². The molecule has 1 aromatic heterocycles. The zero-order valence-corrected chi connectivity index (χ0v) is 14.8. The fraction of sp³-hybridized carbons (Fsp3) is 0.722. The van der Waals surface area contributed by atoms with Crippen molar-refractivity contribution < 1.29 is 9.53 Å². The molecule has 2 heterocycles. The molecule has 24 heavy (non-hydrogen) atoms. The van der Waals surface area contributed by atoms with Crippen molar-refractivity contribution in [2.24, 2.45) is 5.92 Å². The number of aryl methyl sites for hydroxylation is 1. The van der Waals surface area contributed by atoms with E-state index in [4.69, 9.17) is 4.74 Å². The van der Waals surface area contributed by atoms with Gasteiger partial charge >= 0.3 is 6.01 Å². The second-order valence-corrected chi connectivity index (χ2v) is 6.96. The molecule has 2 aliphatic rings. The standard InChI is InChI=1S/C18H28N4O2/c1-13-12-16(21-18(19-13)24-2)22-10-8-15(9-11-22)20-17(23)14-6-4-3-5-7-14/h12,14-15H,3-11H2,1-2H3,(H,20,23). The third-order valence-electron chi connectivity index (χ3n) is 5.14. The van der Waals surface area contributed by atoms with Crippen LogP contribution in [0.1, 0.15) is 50.6 Å². The van der Waals surface area contributed by atoms with Crippen LogP contribution < -0.4 is 15.0 Å². The molecule has 132 valence electrons. The van der Waals surface area contributed by atoms with Gasteiger partial charge in [-0.25, -0.2) is 4.98 Å². The summed E-state index contributed by atoms with van der Waals surface area (Å²) in [6.07, 6.45) is 7.73. The van der Waals surface area contributed by atoms with Gasteiger partial charge in [-0.2, -0.15) is 4.98 Å². The topological polar surface area (TPSA) is 67.3 Å². The molecule has 0 spiro atoms. The molecular weight excluding hydrogens is 304 g/mol. The Morgan fingerprint density at radius 3 is 2.54 bits per heavy atom. The second-order valence-electron chi connectivity index (χ2n) is 6.96. The Kier molecular flexibility index (Phi) is 5.53. The van der Waals surface area contributed by atoms with Crippen LogP contribution in [0.2, 0.25) is 0 Å². The van der Waals surface area contributed by atoms with E-state index in [2.05, 4.69) is 20.2 Å². The number of hydrogen-bond donors (Lipinski definition) is 1. The first-order valence-electron chi connectivity index (χ1n) is 9.10.